The zero-order valence-electron chi connectivity index (χ0n) is 15.3. The van der Waals surface area contributed by atoms with Gasteiger partial charge in [0, 0.05) is 24.1 Å². The number of aryl methyl sites for hydroxylation is 1. The van der Waals surface area contributed by atoms with Crippen molar-refractivity contribution in [2.24, 2.45) is 5.92 Å². The molecule has 2 aromatic heterocycles. The van der Waals surface area contributed by atoms with Crippen LogP contribution < -0.4 is 10.6 Å². The van der Waals surface area contributed by atoms with Crippen molar-refractivity contribution in [3.63, 3.8) is 0 Å². The summed E-state index contributed by atoms with van der Waals surface area (Å²) >= 11 is 0. The Kier molecular flexibility index (Phi) is 9.13. The van der Waals surface area contributed by atoms with Crippen molar-refractivity contribution in [3.8, 4) is 0 Å². The number of pyridine rings is 1. The Morgan fingerprint density at radius 1 is 1.35 bits per heavy atom. The Labute approximate surface area is 167 Å². The molecule has 1 aliphatic rings. The number of hydrogen-bond donors (Lipinski definition) is 2. The molecule has 1 fully saturated rings. The van der Waals surface area contributed by atoms with Crippen LogP contribution in [0, 0.1) is 19.8 Å². The molecule has 7 heteroatoms. The number of carbonyl (C=O) groups is 1. The standard InChI is InChI=1S/C19H26N4O.2ClH/c1-14-11-18(19(24)22-10-7-16-6-9-20-12-16)15(2)23(14)13-17-5-3-4-8-21-17;;/h3-5,8,11,16,20H,6-7,9-10,12-13H2,1-2H3,(H,22,24);2*1H. The van der Waals surface area contributed by atoms with Crippen molar-refractivity contribution in [1.29, 1.82) is 0 Å². The van der Waals surface area contributed by atoms with Gasteiger partial charge in [0.15, 0.2) is 0 Å². The molecule has 1 unspecified atom stereocenters. The average Bonchev–Trinajstić information content (AvgIpc) is 3.19. The summed E-state index contributed by atoms with van der Waals surface area (Å²) in [5, 5.41) is 6.44. The smallest absolute Gasteiger partial charge is 0.253 e. The number of hydrogen-bond acceptors (Lipinski definition) is 3. The highest BCUT2D eigenvalue weighted by atomic mass is 35.5. The molecule has 1 amide bonds. The first kappa shape index (κ1) is 22.5. The molecule has 0 saturated carbocycles. The highest BCUT2D eigenvalue weighted by Crippen LogP contribution is 2.17. The summed E-state index contributed by atoms with van der Waals surface area (Å²) < 4.78 is 2.15. The van der Waals surface area contributed by atoms with Crippen LogP contribution in [-0.4, -0.2) is 35.1 Å². The van der Waals surface area contributed by atoms with Gasteiger partial charge in [-0.2, -0.15) is 0 Å². The van der Waals surface area contributed by atoms with Crippen molar-refractivity contribution in [2.45, 2.75) is 33.2 Å². The van der Waals surface area contributed by atoms with Gasteiger partial charge in [0.1, 0.15) is 0 Å². The topological polar surface area (TPSA) is 59.0 Å². The molecule has 0 aliphatic carbocycles. The van der Waals surface area contributed by atoms with E-state index < -0.39 is 0 Å². The molecule has 1 aliphatic heterocycles. The van der Waals surface area contributed by atoms with E-state index in [1.54, 1.807) is 6.20 Å². The van der Waals surface area contributed by atoms with E-state index >= 15 is 0 Å². The molecule has 1 saturated heterocycles. The second-order valence-corrected chi connectivity index (χ2v) is 6.60. The lowest BCUT2D eigenvalue weighted by Gasteiger charge is -2.11. The van der Waals surface area contributed by atoms with Crippen molar-refractivity contribution in [2.75, 3.05) is 19.6 Å². The van der Waals surface area contributed by atoms with E-state index in [1.165, 1.54) is 6.42 Å². The maximum atomic E-state index is 12.5. The highest BCUT2D eigenvalue weighted by Gasteiger charge is 2.17. The van der Waals surface area contributed by atoms with Crippen molar-refractivity contribution in [1.82, 2.24) is 20.2 Å². The number of nitrogens with one attached hydrogen (secondary N) is 2. The fourth-order valence-electron chi connectivity index (χ4n) is 3.37. The minimum Gasteiger partial charge on any atom is -0.352 e. The molecule has 0 radical (unpaired) electrons. The van der Waals surface area contributed by atoms with E-state index in [2.05, 4.69) is 20.2 Å². The molecule has 144 valence electrons. The SMILES string of the molecule is Cc1cc(C(=O)NCCC2CCNC2)c(C)n1Cc1ccccn1.Cl.Cl. The number of amides is 1. The Hall–Kier alpha value is -1.56. The predicted molar refractivity (Wildman–Crippen MR) is 110 cm³/mol. The van der Waals surface area contributed by atoms with Gasteiger partial charge in [-0.3, -0.25) is 9.78 Å². The fraction of sp³-hybridized carbons (Fsp3) is 0.474. The highest BCUT2D eigenvalue weighted by molar-refractivity contribution is 5.95. The molecular formula is C19H28Cl2N4O. The third-order valence-corrected chi connectivity index (χ3v) is 4.87. The van der Waals surface area contributed by atoms with Crippen LogP contribution >= 0.6 is 24.8 Å². The van der Waals surface area contributed by atoms with E-state index in [1.807, 2.05) is 38.1 Å². The minimum absolute atomic E-state index is 0. The molecule has 0 spiro atoms. The van der Waals surface area contributed by atoms with Gasteiger partial charge >= 0.3 is 0 Å². The Bertz CT molecular complexity index is 697. The van der Waals surface area contributed by atoms with Gasteiger partial charge in [-0.25, -0.2) is 0 Å². The molecule has 3 rings (SSSR count). The van der Waals surface area contributed by atoms with Crippen LogP contribution in [0.3, 0.4) is 0 Å². The maximum Gasteiger partial charge on any atom is 0.253 e. The van der Waals surface area contributed by atoms with Crippen LogP contribution in [0.2, 0.25) is 0 Å². The summed E-state index contributed by atoms with van der Waals surface area (Å²) in [4.78, 5) is 16.9. The van der Waals surface area contributed by atoms with Crippen LogP contribution in [0.4, 0.5) is 0 Å². The lowest BCUT2D eigenvalue weighted by molar-refractivity contribution is 0.0951. The summed E-state index contributed by atoms with van der Waals surface area (Å²) in [7, 11) is 0. The molecule has 3 heterocycles. The van der Waals surface area contributed by atoms with Gasteiger partial charge in [0.05, 0.1) is 17.8 Å². The summed E-state index contributed by atoms with van der Waals surface area (Å²) in [6, 6.07) is 7.89. The number of rotatable bonds is 6. The zero-order valence-corrected chi connectivity index (χ0v) is 17.0. The van der Waals surface area contributed by atoms with E-state index in [9.17, 15) is 4.79 Å². The van der Waals surface area contributed by atoms with E-state index in [0.717, 1.165) is 48.7 Å². The van der Waals surface area contributed by atoms with Gasteiger partial charge in [-0.1, -0.05) is 6.07 Å². The van der Waals surface area contributed by atoms with Crippen LogP contribution in [0.25, 0.3) is 0 Å². The maximum absolute atomic E-state index is 12.5. The Morgan fingerprint density at radius 2 is 2.15 bits per heavy atom. The normalized spacial score (nSPS) is 15.8. The molecular weight excluding hydrogens is 371 g/mol. The van der Waals surface area contributed by atoms with Crippen molar-refractivity contribution in [3.05, 3.63) is 53.1 Å². The van der Waals surface area contributed by atoms with Crippen LogP contribution in [0.5, 0.6) is 0 Å². The monoisotopic (exact) mass is 398 g/mol. The number of carbonyl (C=O) groups excluding carboxylic acids is 1. The minimum atomic E-state index is 0. The molecule has 0 bridgehead atoms. The fourth-order valence-corrected chi connectivity index (χ4v) is 3.37. The van der Waals surface area contributed by atoms with Gasteiger partial charge in [-0.15, -0.1) is 24.8 Å². The quantitative estimate of drug-likeness (QED) is 0.785. The first-order chi connectivity index (χ1) is 11.6. The summed E-state index contributed by atoms with van der Waals surface area (Å²) in [5.41, 5.74) is 3.86. The largest absolute Gasteiger partial charge is 0.352 e. The Morgan fingerprint density at radius 3 is 2.81 bits per heavy atom. The van der Waals surface area contributed by atoms with Crippen molar-refractivity contribution >= 4 is 30.7 Å². The summed E-state index contributed by atoms with van der Waals surface area (Å²) in [6.07, 6.45) is 4.06. The second kappa shape index (κ2) is 10.6. The first-order valence-corrected chi connectivity index (χ1v) is 8.70. The van der Waals surface area contributed by atoms with Crippen LogP contribution in [-0.2, 0) is 6.54 Å². The molecule has 2 N–H and O–H groups in total. The van der Waals surface area contributed by atoms with E-state index in [-0.39, 0.29) is 30.7 Å². The average molecular weight is 399 g/mol. The van der Waals surface area contributed by atoms with Gasteiger partial charge < -0.3 is 15.2 Å². The van der Waals surface area contributed by atoms with Gasteiger partial charge in [0.2, 0.25) is 0 Å². The molecule has 2 aromatic rings. The van der Waals surface area contributed by atoms with Crippen LogP contribution in [0.15, 0.2) is 30.5 Å². The van der Waals surface area contributed by atoms with Gasteiger partial charge in [-0.05, 0) is 63.9 Å². The summed E-state index contributed by atoms with van der Waals surface area (Å²) in [5.74, 6) is 0.725. The summed E-state index contributed by atoms with van der Waals surface area (Å²) in [6.45, 7) is 7.67. The zero-order chi connectivity index (χ0) is 16.9. The molecule has 26 heavy (non-hydrogen) atoms. The lowest BCUT2D eigenvalue weighted by Crippen LogP contribution is -2.26. The third-order valence-electron chi connectivity index (χ3n) is 4.87. The number of nitrogens with zero attached hydrogens (tertiary/aromatic N) is 2. The van der Waals surface area contributed by atoms with E-state index in [0.29, 0.717) is 12.5 Å². The lowest BCUT2D eigenvalue weighted by atomic mass is 10.1. The molecule has 1 atom stereocenters. The van der Waals surface area contributed by atoms with Crippen molar-refractivity contribution < 1.29 is 4.79 Å². The van der Waals surface area contributed by atoms with Gasteiger partial charge in [0.25, 0.3) is 5.91 Å². The predicted octanol–water partition coefficient (Wildman–Crippen LogP) is 3.12. The van der Waals surface area contributed by atoms with Crippen LogP contribution in [0.1, 0.15) is 40.3 Å². The number of aromatic nitrogens is 2. The molecule has 5 nitrogen and oxygen atoms in total. The molecule has 0 aromatic carbocycles. The third kappa shape index (κ3) is 5.47. The first-order valence-electron chi connectivity index (χ1n) is 8.70. The Balaban J connectivity index is 0.00000169. The second-order valence-electron chi connectivity index (χ2n) is 6.60. The van der Waals surface area contributed by atoms with E-state index in [4.69, 9.17) is 0 Å². The number of halogens is 2.